The third kappa shape index (κ3) is 4.86. The number of para-hydroxylation sites is 1. The van der Waals surface area contributed by atoms with Gasteiger partial charge in [-0.15, -0.1) is 0 Å². The second-order valence-electron chi connectivity index (χ2n) is 6.13. The second-order valence-corrected chi connectivity index (χ2v) is 8.32. The van der Waals surface area contributed by atoms with Gasteiger partial charge in [-0.2, -0.15) is 0 Å². The Morgan fingerprint density at radius 1 is 1.08 bits per heavy atom. The summed E-state index contributed by atoms with van der Waals surface area (Å²) in [7, 11) is -3.26. The zero-order valence-electron chi connectivity index (χ0n) is 14.3. The summed E-state index contributed by atoms with van der Waals surface area (Å²) < 4.78 is 29.0. The number of carbonyl (C=O) groups is 1. The van der Waals surface area contributed by atoms with E-state index in [0.717, 1.165) is 22.8 Å². The molecule has 1 heterocycles. The first-order valence-corrected chi connectivity index (χ1v) is 10.2. The first kappa shape index (κ1) is 18.0. The van der Waals surface area contributed by atoms with Gasteiger partial charge in [0.2, 0.25) is 0 Å². The van der Waals surface area contributed by atoms with E-state index in [0.29, 0.717) is 5.76 Å². The van der Waals surface area contributed by atoms with E-state index in [1.54, 1.807) is 24.3 Å². The van der Waals surface area contributed by atoms with E-state index in [-0.39, 0.29) is 12.3 Å². The lowest BCUT2D eigenvalue weighted by atomic mass is 10.1. The molecule has 0 spiro atoms. The first-order valence-electron chi connectivity index (χ1n) is 8.15. The van der Waals surface area contributed by atoms with Crippen molar-refractivity contribution in [1.29, 1.82) is 0 Å². The summed E-state index contributed by atoms with van der Waals surface area (Å²) >= 11 is 0. The summed E-state index contributed by atoms with van der Waals surface area (Å²) in [4.78, 5) is 12.2. The number of amides is 2. The van der Waals surface area contributed by atoms with Gasteiger partial charge in [-0.3, -0.25) is 0 Å². The van der Waals surface area contributed by atoms with Crippen LogP contribution in [0.25, 0.3) is 11.0 Å². The number of benzene rings is 2. The predicted molar refractivity (Wildman–Crippen MR) is 100 cm³/mol. The van der Waals surface area contributed by atoms with Crippen LogP contribution in [0.1, 0.15) is 17.4 Å². The van der Waals surface area contributed by atoms with Crippen molar-refractivity contribution in [2.75, 3.05) is 12.0 Å². The molecule has 136 valence electrons. The second kappa shape index (κ2) is 7.61. The predicted octanol–water partition coefficient (Wildman–Crippen LogP) is 3.02. The molecule has 0 radical (unpaired) electrons. The van der Waals surface area contributed by atoms with Gasteiger partial charge in [-0.1, -0.05) is 48.5 Å². The van der Waals surface area contributed by atoms with Crippen molar-refractivity contribution in [1.82, 2.24) is 10.6 Å². The molecule has 0 bridgehead atoms. The van der Waals surface area contributed by atoms with Gasteiger partial charge in [0.15, 0.2) is 0 Å². The van der Waals surface area contributed by atoms with Crippen LogP contribution in [0.5, 0.6) is 0 Å². The summed E-state index contributed by atoms with van der Waals surface area (Å²) in [5, 5.41) is 6.39. The van der Waals surface area contributed by atoms with Crippen LogP contribution in [-0.4, -0.2) is 26.5 Å². The number of hydrogen-bond acceptors (Lipinski definition) is 4. The third-order valence-electron chi connectivity index (χ3n) is 3.88. The van der Waals surface area contributed by atoms with E-state index >= 15 is 0 Å². The largest absolute Gasteiger partial charge is 0.459 e. The number of furan rings is 1. The van der Waals surface area contributed by atoms with Crippen LogP contribution in [0.3, 0.4) is 0 Å². The maximum Gasteiger partial charge on any atom is 0.315 e. The number of nitrogens with one attached hydrogen (secondary N) is 2. The normalized spacial score (nSPS) is 12.7. The van der Waals surface area contributed by atoms with Gasteiger partial charge in [-0.05, 0) is 17.7 Å². The van der Waals surface area contributed by atoms with Gasteiger partial charge in [0.1, 0.15) is 21.2 Å². The molecule has 2 N–H and O–H groups in total. The molecule has 3 rings (SSSR count). The molecule has 0 fully saturated rings. The molecule has 6 nitrogen and oxygen atoms in total. The van der Waals surface area contributed by atoms with Crippen LogP contribution >= 0.6 is 0 Å². The summed E-state index contributed by atoms with van der Waals surface area (Å²) in [5.41, 5.74) is 1.49. The van der Waals surface area contributed by atoms with Gasteiger partial charge in [0, 0.05) is 11.6 Å². The lowest BCUT2D eigenvalue weighted by molar-refractivity contribution is 0.237. The van der Waals surface area contributed by atoms with Crippen LogP contribution in [0.15, 0.2) is 65.1 Å². The minimum atomic E-state index is -3.26. The Morgan fingerprint density at radius 3 is 2.46 bits per heavy atom. The highest BCUT2D eigenvalue weighted by Crippen LogP contribution is 2.18. The quantitative estimate of drug-likeness (QED) is 0.696. The summed E-state index contributed by atoms with van der Waals surface area (Å²) in [6.07, 6.45) is 1.15. The first-order chi connectivity index (χ1) is 12.4. The fraction of sp³-hybridized carbons (Fsp3) is 0.211. The molecule has 2 aromatic carbocycles. The Bertz CT molecular complexity index is 964. The highest BCUT2D eigenvalue weighted by molar-refractivity contribution is 7.90. The third-order valence-corrected chi connectivity index (χ3v) is 4.82. The molecule has 1 aromatic heterocycles. The Kier molecular flexibility index (Phi) is 5.27. The highest BCUT2D eigenvalue weighted by atomic mass is 32.2. The van der Waals surface area contributed by atoms with Crippen molar-refractivity contribution in [3.63, 3.8) is 0 Å². The lowest BCUT2D eigenvalue weighted by Crippen LogP contribution is -2.39. The van der Waals surface area contributed by atoms with Crippen molar-refractivity contribution in [2.45, 2.75) is 12.6 Å². The van der Waals surface area contributed by atoms with Crippen molar-refractivity contribution >= 4 is 26.8 Å². The van der Waals surface area contributed by atoms with Gasteiger partial charge in [0.05, 0.1) is 18.3 Å². The van der Waals surface area contributed by atoms with E-state index < -0.39 is 21.9 Å². The molecule has 0 aliphatic rings. The fourth-order valence-electron chi connectivity index (χ4n) is 2.71. The molecule has 0 aliphatic carbocycles. The minimum Gasteiger partial charge on any atom is -0.459 e. The minimum absolute atomic E-state index is 0.172. The number of urea groups is 1. The molecule has 26 heavy (non-hydrogen) atoms. The van der Waals surface area contributed by atoms with Crippen molar-refractivity contribution in [2.24, 2.45) is 0 Å². The van der Waals surface area contributed by atoms with Gasteiger partial charge >= 0.3 is 6.03 Å². The molecule has 2 amide bonds. The van der Waals surface area contributed by atoms with E-state index in [9.17, 15) is 13.2 Å². The molecule has 0 saturated heterocycles. The molecular weight excluding hydrogens is 352 g/mol. The van der Waals surface area contributed by atoms with Crippen LogP contribution in [-0.2, 0) is 16.4 Å². The van der Waals surface area contributed by atoms with Crippen LogP contribution in [0.2, 0.25) is 0 Å². The average molecular weight is 372 g/mol. The number of fused-ring (bicyclic) bond motifs is 1. The molecular formula is C19H20N2O4S. The summed E-state index contributed by atoms with van der Waals surface area (Å²) in [6.45, 7) is 0.209. The molecule has 0 aliphatic heterocycles. The molecule has 0 saturated carbocycles. The van der Waals surface area contributed by atoms with Crippen LogP contribution in [0.4, 0.5) is 4.79 Å². The Hall–Kier alpha value is -2.80. The standard InChI is InChI=1S/C19H20N2O4S/c1-26(23,24)13-17(14-7-3-2-4-8-14)21-19(22)20-12-16-11-15-9-5-6-10-18(15)25-16/h2-11,17H,12-13H2,1H3,(H2,20,21,22). The maximum absolute atomic E-state index is 12.2. The Balaban J connectivity index is 1.65. The van der Waals surface area contributed by atoms with Crippen LogP contribution < -0.4 is 10.6 Å². The van der Waals surface area contributed by atoms with Gasteiger partial charge < -0.3 is 15.1 Å². The number of hydrogen-bond donors (Lipinski definition) is 2. The Labute approximate surface area is 152 Å². The zero-order chi connectivity index (χ0) is 18.6. The summed E-state index contributed by atoms with van der Waals surface area (Å²) in [6, 6.07) is 17.4. The van der Waals surface area contributed by atoms with Gasteiger partial charge in [-0.25, -0.2) is 13.2 Å². The lowest BCUT2D eigenvalue weighted by Gasteiger charge is -2.18. The average Bonchev–Trinajstić information content (AvgIpc) is 3.02. The van der Waals surface area contributed by atoms with Crippen molar-refractivity contribution in [3.05, 3.63) is 72.0 Å². The smallest absolute Gasteiger partial charge is 0.315 e. The van der Waals surface area contributed by atoms with E-state index in [1.165, 1.54) is 0 Å². The highest BCUT2D eigenvalue weighted by Gasteiger charge is 2.19. The zero-order valence-corrected chi connectivity index (χ0v) is 15.1. The SMILES string of the molecule is CS(=O)(=O)CC(NC(=O)NCc1cc2ccccc2o1)c1ccccc1. The van der Waals surface area contributed by atoms with Crippen molar-refractivity contribution < 1.29 is 17.6 Å². The number of sulfone groups is 1. The number of rotatable bonds is 6. The van der Waals surface area contributed by atoms with E-state index in [2.05, 4.69) is 10.6 Å². The van der Waals surface area contributed by atoms with E-state index in [4.69, 9.17) is 4.42 Å². The maximum atomic E-state index is 12.2. The monoisotopic (exact) mass is 372 g/mol. The molecule has 1 atom stereocenters. The van der Waals surface area contributed by atoms with Gasteiger partial charge in [0.25, 0.3) is 0 Å². The molecule has 3 aromatic rings. The number of carbonyl (C=O) groups excluding carboxylic acids is 1. The summed E-state index contributed by atoms with van der Waals surface area (Å²) in [5.74, 6) is 0.454. The van der Waals surface area contributed by atoms with E-state index in [1.807, 2.05) is 36.4 Å². The molecule has 1 unspecified atom stereocenters. The molecule has 7 heteroatoms. The Morgan fingerprint density at radius 2 is 1.77 bits per heavy atom. The van der Waals surface area contributed by atoms with Crippen molar-refractivity contribution in [3.8, 4) is 0 Å². The fourth-order valence-corrected chi connectivity index (χ4v) is 3.59. The van der Waals surface area contributed by atoms with Crippen LogP contribution in [0, 0.1) is 0 Å². The topological polar surface area (TPSA) is 88.4 Å².